The van der Waals surface area contributed by atoms with Crippen LogP contribution in [0.15, 0.2) is 226 Å². The highest BCUT2D eigenvalue weighted by Crippen LogP contribution is 2.48. The highest BCUT2D eigenvalue weighted by Gasteiger charge is 2.30. The van der Waals surface area contributed by atoms with Crippen LogP contribution >= 0.6 is 0 Å². The first-order valence-electron chi connectivity index (χ1n) is 30.2. The molecule has 2 saturated carbocycles. The van der Waals surface area contributed by atoms with Crippen LogP contribution in [0.3, 0.4) is 0 Å². The molecule has 0 N–H and O–H groups in total. The fourth-order valence-electron chi connectivity index (χ4n) is 13.3. The lowest BCUT2D eigenvalue weighted by Crippen LogP contribution is -2.20. The Morgan fingerprint density at radius 2 is 0.674 bits per heavy atom. The van der Waals surface area contributed by atoms with E-state index in [0.717, 1.165) is 100 Å². The number of halogens is 3. The Balaban J connectivity index is 0.000000120. The fraction of sp³-hybridized carbons (Fsp3) is 0.221. The molecule has 0 atom stereocenters. The zero-order valence-corrected chi connectivity index (χ0v) is 49.4. The molecule has 10 aromatic carbocycles. The molecule has 0 unspecified atom stereocenters. The topological polar surface area (TPSA) is 49.1 Å². The summed E-state index contributed by atoms with van der Waals surface area (Å²) in [5, 5.41) is 6.80. The van der Waals surface area contributed by atoms with Gasteiger partial charge in [-0.05, 0) is 163 Å². The van der Waals surface area contributed by atoms with Gasteiger partial charge in [0.15, 0.2) is 16.7 Å². The Kier molecular flexibility index (Phi) is 15.4. The summed E-state index contributed by atoms with van der Waals surface area (Å²) in [5.74, 6) is 0.453. The zero-order chi connectivity index (χ0) is 59.1. The van der Waals surface area contributed by atoms with Crippen molar-refractivity contribution in [2.45, 2.75) is 83.5 Å². The first kappa shape index (κ1) is 56.0. The van der Waals surface area contributed by atoms with Crippen molar-refractivity contribution in [1.29, 1.82) is 0 Å². The van der Waals surface area contributed by atoms with E-state index in [9.17, 15) is 13.2 Å². The second kappa shape index (κ2) is 23.7. The Labute approximate surface area is 500 Å². The molecule has 13 aromatic rings. The smallest absolute Gasteiger partial charge is 0.159 e. The number of para-hydroxylation sites is 6. The molecule has 2 fully saturated rings. The van der Waals surface area contributed by atoms with Gasteiger partial charge in [0.2, 0.25) is 0 Å². The largest absolute Gasteiger partial charge is 0.454 e. The summed E-state index contributed by atoms with van der Waals surface area (Å²) in [6.07, 6.45) is 11.4. The lowest BCUT2D eigenvalue weighted by Gasteiger charge is -2.34. The van der Waals surface area contributed by atoms with Crippen LogP contribution in [-0.2, 0) is 0 Å². The lowest BCUT2D eigenvalue weighted by molar-refractivity contribution is 0.224. The summed E-state index contributed by atoms with van der Waals surface area (Å²) < 4.78 is 59.5. The molecule has 3 aromatic heterocycles. The van der Waals surface area contributed by atoms with Crippen LogP contribution in [0.2, 0.25) is 0 Å². The molecule has 432 valence electrons. The summed E-state index contributed by atoms with van der Waals surface area (Å²) in [6, 6.07) is 68.0. The summed E-state index contributed by atoms with van der Waals surface area (Å²) in [6.45, 7) is 4.76. The molecule has 0 spiro atoms. The van der Waals surface area contributed by atoms with Crippen molar-refractivity contribution >= 4 is 99.9 Å². The van der Waals surface area contributed by atoms with Crippen molar-refractivity contribution in [1.82, 2.24) is 0 Å². The number of furan rings is 3. The Bertz CT molecular complexity index is 4510. The highest BCUT2D eigenvalue weighted by atomic mass is 19.1. The maximum Gasteiger partial charge on any atom is 0.159 e. The Morgan fingerprint density at radius 3 is 1.08 bits per heavy atom. The SMILES string of the molecule is CN(c1ccc(F)cc1)c1cccc2c1oc1c(-c3ccccc3)cccc12.CN(c1ccc(F)cc1)c1cccc2c1oc1c(C3CCC(C)(C)CC3)cccc12.CN(c1ccc(F)cc1)c1cccc2c1oc1c(C3CCCCC3)cccc12. The average Bonchev–Trinajstić information content (AvgIpc) is 4.41. The molecular weight excluding hydrogens is 1070 g/mol. The molecule has 0 amide bonds. The van der Waals surface area contributed by atoms with E-state index in [4.69, 9.17) is 13.3 Å². The third-order valence-corrected chi connectivity index (χ3v) is 18.2. The normalized spacial score (nSPS) is 14.6. The van der Waals surface area contributed by atoms with E-state index >= 15 is 0 Å². The first-order valence-corrected chi connectivity index (χ1v) is 30.2. The van der Waals surface area contributed by atoms with Crippen LogP contribution in [0, 0.1) is 22.9 Å². The minimum atomic E-state index is -0.244. The maximum absolute atomic E-state index is 13.4. The zero-order valence-electron chi connectivity index (χ0n) is 49.4. The number of rotatable bonds is 9. The number of hydrogen-bond donors (Lipinski definition) is 0. The average molecular weight is 1140 g/mol. The standard InChI is InChI=1S/C27H28FNO.C25H24FNO.C25H18FNO/c1-27(2)16-14-18(15-17-27)21-6-4-7-22-23-8-5-9-24(26(23)30-25(21)22)29(3)20-12-10-19(28)11-13-20;2*1-27(19-15-13-18(26)14-16-19)23-12-6-11-22-21-10-5-9-20(24(21)28-25(22)23)17-7-3-2-4-8-17/h4-13,18H,14-17H2,1-3H3;5-6,9-17H,2-4,7-8H2,1H3;2-16H,1H3. The molecule has 86 heavy (non-hydrogen) atoms. The van der Waals surface area contributed by atoms with Gasteiger partial charge in [0.25, 0.3) is 0 Å². The molecule has 0 bridgehead atoms. The summed E-state index contributed by atoms with van der Waals surface area (Å²) in [7, 11) is 5.96. The van der Waals surface area contributed by atoms with Crippen molar-refractivity contribution in [2.24, 2.45) is 5.41 Å². The molecule has 0 saturated heterocycles. The van der Waals surface area contributed by atoms with Crippen molar-refractivity contribution in [3.8, 4) is 11.1 Å². The predicted octanol–water partition coefficient (Wildman–Crippen LogP) is 22.9. The quantitative estimate of drug-likeness (QED) is 0.144. The minimum absolute atomic E-state index is 0.226. The number of anilines is 6. The van der Waals surface area contributed by atoms with Gasteiger partial charge in [0, 0.05) is 76.1 Å². The van der Waals surface area contributed by atoms with Gasteiger partial charge in [0.05, 0.1) is 17.1 Å². The highest BCUT2D eigenvalue weighted by molar-refractivity contribution is 6.14. The number of hydrogen-bond acceptors (Lipinski definition) is 6. The van der Waals surface area contributed by atoms with Crippen LogP contribution in [0.5, 0.6) is 0 Å². The van der Waals surface area contributed by atoms with E-state index in [1.165, 1.54) is 116 Å². The summed E-state index contributed by atoms with van der Waals surface area (Å²) in [4.78, 5) is 6.14. The molecule has 9 heteroatoms. The van der Waals surface area contributed by atoms with E-state index < -0.39 is 0 Å². The van der Waals surface area contributed by atoms with Gasteiger partial charge in [-0.15, -0.1) is 0 Å². The monoisotopic (exact) mass is 1140 g/mol. The summed E-state index contributed by atoms with van der Waals surface area (Å²) in [5.41, 5.74) is 16.6. The van der Waals surface area contributed by atoms with Gasteiger partial charge in [0.1, 0.15) is 34.2 Å². The minimum Gasteiger partial charge on any atom is -0.454 e. The second-order valence-electron chi connectivity index (χ2n) is 24.1. The van der Waals surface area contributed by atoms with Gasteiger partial charge in [-0.25, -0.2) is 13.2 Å². The Morgan fingerprint density at radius 1 is 0.337 bits per heavy atom. The predicted molar refractivity (Wildman–Crippen MR) is 351 cm³/mol. The van der Waals surface area contributed by atoms with Gasteiger partial charge in [-0.1, -0.05) is 154 Å². The molecule has 2 aliphatic carbocycles. The third kappa shape index (κ3) is 11.0. The molecule has 0 aliphatic heterocycles. The van der Waals surface area contributed by atoms with E-state index in [1.54, 1.807) is 36.4 Å². The van der Waals surface area contributed by atoms with Crippen molar-refractivity contribution in [3.05, 3.63) is 241 Å². The molecule has 2 aliphatic rings. The second-order valence-corrected chi connectivity index (χ2v) is 24.1. The van der Waals surface area contributed by atoms with Crippen molar-refractivity contribution in [2.75, 3.05) is 35.8 Å². The van der Waals surface area contributed by atoms with E-state index in [2.05, 4.69) is 133 Å². The molecule has 0 radical (unpaired) electrons. The van der Waals surface area contributed by atoms with Crippen LogP contribution < -0.4 is 14.7 Å². The fourth-order valence-corrected chi connectivity index (χ4v) is 13.3. The van der Waals surface area contributed by atoms with Gasteiger partial charge < -0.3 is 28.0 Å². The molecular formula is C77H70F3N3O3. The maximum atomic E-state index is 13.4. The summed E-state index contributed by atoms with van der Waals surface area (Å²) >= 11 is 0. The van der Waals surface area contributed by atoms with Crippen molar-refractivity contribution in [3.63, 3.8) is 0 Å². The van der Waals surface area contributed by atoms with Crippen LogP contribution in [0.25, 0.3) is 76.9 Å². The molecule has 3 heterocycles. The third-order valence-electron chi connectivity index (χ3n) is 18.2. The van der Waals surface area contributed by atoms with Crippen molar-refractivity contribution < 1.29 is 26.4 Å². The van der Waals surface area contributed by atoms with Crippen LogP contribution in [0.1, 0.15) is 94.6 Å². The Hall–Kier alpha value is -9.21. The number of benzene rings is 10. The van der Waals surface area contributed by atoms with Gasteiger partial charge >= 0.3 is 0 Å². The molecule has 6 nitrogen and oxygen atoms in total. The first-order chi connectivity index (χ1) is 41.9. The van der Waals surface area contributed by atoms with Crippen LogP contribution in [-0.4, -0.2) is 21.1 Å². The molecule has 15 rings (SSSR count). The number of nitrogens with zero attached hydrogens (tertiary/aromatic N) is 3. The van der Waals surface area contributed by atoms with E-state index in [1.807, 2.05) is 56.4 Å². The van der Waals surface area contributed by atoms with E-state index in [0.29, 0.717) is 17.3 Å². The van der Waals surface area contributed by atoms with Crippen LogP contribution in [0.4, 0.5) is 47.3 Å². The van der Waals surface area contributed by atoms with Gasteiger partial charge in [-0.3, -0.25) is 0 Å². The lowest BCUT2D eigenvalue weighted by atomic mass is 9.71. The number of fused-ring (bicyclic) bond motifs is 9. The van der Waals surface area contributed by atoms with E-state index in [-0.39, 0.29) is 17.5 Å². The van der Waals surface area contributed by atoms with Gasteiger partial charge in [-0.2, -0.15) is 0 Å².